The van der Waals surface area contributed by atoms with Crippen molar-refractivity contribution in [3.63, 3.8) is 0 Å². The minimum atomic E-state index is -3.28. The van der Waals surface area contributed by atoms with Crippen LogP contribution in [0.4, 0.5) is 11.4 Å². The van der Waals surface area contributed by atoms with Gasteiger partial charge in [-0.2, -0.15) is 0 Å². The van der Waals surface area contributed by atoms with Crippen molar-refractivity contribution in [1.29, 1.82) is 0 Å². The van der Waals surface area contributed by atoms with Gasteiger partial charge in [-0.15, -0.1) is 0 Å². The SMILES string of the molecule is CCN(C(=O)c1cccc(N2CCCS2(=O)=O)c1)c1cccc2ccccc12. The van der Waals surface area contributed by atoms with Crippen molar-refractivity contribution in [3.05, 3.63) is 72.3 Å². The molecule has 144 valence electrons. The van der Waals surface area contributed by atoms with E-state index in [0.717, 1.165) is 16.5 Å². The molecule has 0 saturated carbocycles. The van der Waals surface area contributed by atoms with Crippen molar-refractivity contribution < 1.29 is 13.2 Å². The molecule has 1 fully saturated rings. The lowest BCUT2D eigenvalue weighted by atomic mass is 10.1. The molecule has 1 aliphatic rings. The molecule has 3 aromatic carbocycles. The van der Waals surface area contributed by atoms with E-state index < -0.39 is 10.0 Å². The standard InChI is InChI=1S/C22H22N2O3S/c1-2-23(21-13-6-9-17-8-3-4-12-20(17)21)22(25)18-10-5-11-19(16-18)24-14-7-15-28(24,26)27/h3-6,8-13,16H,2,7,14-15H2,1H3. The number of hydrogen-bond donors (Lipinski definition) is 0. The fourth-order valence-corrected chi connectivity index (χ4v) is 5.30. The molecule has 28 heavy (non-hydrogen) atoms. The second kappa shape index (κ2) is 7.28. The number of anilines is 2. The van der Waals surface area contributed by atoms with Gasteiger partial charge in [-0.25, -0.2) is 8.42 Å². The van der Waals surface area contributed by atoms with Gasteiger partial charge in [0.05, 0.1) is 17.1 Å². The number of nitrogens with zero attached hydrogens (tertiary/aromatic N) is 2. The smallest absolute Gasteiger partial charge is 0.258 e. The van der Waals surface area contributed by atoms with Gasteiger partial charge in [-0.1, -0.05) is 42.5 Å². The average molecular weight is 394 g/mol. The number of benzene rings is 3. The van der Waals surface area contributed by atoms with Crippen LogP contribution in [0.25, 0.3) is 10.8 Å². The monoisotopic (exact) mass is 394 g/mol. The van der Waals surface area contributed by atoms with Crippen LogP contribution in [0.3, 0.4) is 0 Å². The fourth-order valence-electron chi connectivity index (χ4n) is 3.75. The van der Waals surface area contributed by atoms with Crippen LogP contribution in [0.5, 0.6) is 0 Å². The first-order valence-electron chi connectivity index (χ1n) is 9.41. The Morgan fingerprint density at radius 1 is 1.04 bits per heavy atom. The summed E-state index contributed by atoms with van der Waals surface area (Å²) in [5.74, 6) is 0.0136. The zero-order valence-corrected chi connectivity index (χ0v) is 16.5. The Hall–Kier alpha value is -2.86. The molecule has 0 aliphatic carbocycles. The van der Waals surface area contributed by atoms with Crippen molar-refractivity contribution in [2.24, 2.45) is 0 Å². The molecule has 1 aliphatic heterocycles. The van der Waals surface area contributed by atoms with E-state index in [2.05, 4.69) is 0 Å². The molecular weight excluding hydrogens is 372 g/mol. The second-order valence-corrected chi connectivity index (χ2v) is 8.85. The number of fused-ring (bicyclic) bond motifs is 1. The third-order valence-corrected chi connectivity index (χ3v) is 6.97. The van der Waals surface area contributed by atoms with E-state index in [1.54, 1.807) is 29.2 Å². The Labute approximate surface area is 165 Å². The van der Waals surface area contributed by atoms with Gasteiger partial charge in [0.25, 0.3) is 5.91 Å². The zero-order chi connectivity index (χ0) is 19.7. The molecule has 3 aromatic rings. The van der Waals surface area contributed by atoms with Crippen molar-refractivity contribution in [1.82, 2.24) is 0 Å². The number of carbonyl (C=O) groups is 1. The lowest BCUT2D eigenvalue weighted by molar-refractivity contribution is 0.0988. The van der Waals surface area contributed by atoms with E-state index in [1.807, 2.05) is 49.4 Å². The van der Waals surface area contributed by atoms with Gasteiger partial charge in [-0.05, 0) is 43.0 Å². The first-order valence-corrected chi connectivity index (χ1v) is 11.0. The molecule has 0 unspecified atom stereocenters. The first-order chi connectivity index (χ1) is 13.5. The van der Waals surface area contributed by atoms with Gasteiger partial charge in [-0.3, -0.25) is 9.10 Å². The highest BCUT2D eigenvalue weighted by Gasteiger charge is 2.29. The molecule has 1 amide bonds. The summed E-state index contributed by atoms with van der Waals surface area (Å²) in [5.41, 5.74) is 1.89. The zero-order valence-electron chi connectivity index (χ0n) is 15.7. The molecule has 0 N–H and O–H groups in total. The van der Waals surface area contributed by atoms with E-state index >= 15 is 0 Å². The first kappa shape index (κ1) is 18.5. The Morgan fingerprint density at radius 2 is 1.79 bits per heavy atom. The van der Waals surface area contributed by atoms with Crippen LogP contribution < -0.4 is 9.21 Å². The Bertz CT molecular complexity index is 1140. The fraction of sp³-hybridized carbons (Fsp3) is 0.227. The normalized spacial score (nSPS) is 15.7. The van der Waals surface area contributed by atoms with E-state index in [4.69, 9.17) is 0 Å². The highest BCUT2D eigenvalue weighted by molar-refractivity contribution is 7.93. The quantitative estimate of drug-likeness (QED) is 0.671. The number of sulfonamides is 1. The number of carbonyl (C=O) groups excluding carboxylic acids is 1. The third-order valence-electron chi connectivity index (χ3n) is 5.10. The lowest BCUT2D eigenvalue weighted by Crippen LogP contribution is -2.31. The second-order valence-electron chi connectivity index (χ2n) is 6.84. The van der Waals surface area contributed by atoms with Gasteiger partial charge in [0.15, 0.2) is 0 Å². The number of amides is 1. The average Bonchev–Trinajstić information content (AvgIpc) is 3.08. The van der Waals surface area contributed by atoms with Crippen LogP contribution in [-0.4, -0.2) is 33.2 Å². The summed E-state index contributed by atoms with van der Waals surface area (Å²) in [6.07, 6.45) is 0.609. The molecule has 0 aromatic heterocycles. The maximum Gasteiger partial charge on any atom is 0.258 e. The topological polar surface area (TPSA) is 57.7 Å². The minimum absolute atomic E-state index is 0.141. The van der Waals surface area contributed by atoms with Crippen molar-refractivity contribution >= 4 is 38.1 Å². The minimum Gasteiger partial charge on any atom is -0.308 e. The molecule has 0 spiro atoms. The maximum absolute atomic E-state index is 13.3. The molecule has 6 heteroatoms. The van der Waals surface area contributed by atoms with Gasteiger partial charge >= 0.3 is 0 Å². The van der Waals surface area contributed by atoms with Gasteiger partial charge in [0.1, 0.15) is 0 Å². The van der Waals surface area contributed by atoms with Gasteiger partial charge in [0.2, 0.25) is 10.0 Å². The Morgan fingerprint density at radius 3 is 2.54 bits per heavy atom. The summed E-state index contributed by atoms with van der Waals surface area (Å²) >= 11 is 0. The summed E-state index contributed by atoms with van der Waals surface area (Å²) in [7, 11) is -3.28. The van der Waals surface area contributed by atoms with Crippen LogP contribution >= 0.6 is 0 Å². The van der Waals surface area contributed by atoms with E-state index in [-0.39, 0.29) is 11.7 Å². The summed E-state index contributed by atoms with van der Waals surface area (Å²) in [4.78, 5) is 15.0. The van der Waals surface area contributed by atoms with Gasteiger partial charge < -0.3 is 4.90 Å². The van der Waals surface area contributed by atoms with Crippen LogP contribution in [0.1, 0.15) is 23.7 Å². The molecule has 0 radical (unpaired) electrons. The molecule has 0 bridgehead atoms. The summed E-state index contributed by atoms with van der Waals surface area (Å²) in [6.45, 7) is 2.91. The molecule has 5 nitrogen and oxygen atoms in total. The number of hydrogen-bond acceptors (Lipinski definition) is 3. The van der Waals surface area contributed by atoms with Crippen molar-refractivity contribution in [3.8, 4) is 0 Å². The number of rotatable bonds is 4. The van der Waals surface area contributed by atoms with E-state index in [0.29, 0.717) is 30.8 Å². The van der Waals surface area contributed by atoms with Crippen LogP contribution in [0, 0.1) is 0 Å². The maximum atomic E-state index is 13.3. The van der Waals surface area contributed by atoms with Crippen LogP contribution in [0.2, 0.25) is 0 Å². The largest absolute Gasteiger partial charge is 0.308 e. The molecular formula is C22H22N2O3S. The summed E-state index contributed by atoms with van der Waals surface area (Å²) < 4.78 is 25.9. The van der Waals surface area contributed by atoms with E-state index in [1.165, 1.54) is 4.31 Å². The Balaban J connectivity index is 1.73. The van der Waals surface area contributed by atoms with E-state index in [9.17, 15) is 13.2 Å². The van der Waals surface area contributed by atoms with Gasteiger partial charge in [0, 0.05) is 24.0 Å². The highest BCUT2D eigenvalue weighted by Crippen LogP contribution is 2.29. The van der Waals surface area contributed by atoms with Crippen molar-refractivity contribution in [2.75, 3.05) is 28.0 Å². The molecule has 1 saturated heterocycles. The van der Waals surface area contributed by atoms with Crippen LogP contribution in [0.15, 0.2) is 66.7 Å². The molecule has 1 heterocycles. The third kappa shape index (κ3) is 3.24. The highest BCUT2D eigenvalue weighted by atomic mass is 32.2. The predicted molar refractivity (Wildman–Crippen MR) is 113 cm³/mol. The van der Waals surface area contributed by atoms with Crippen LogP contribution in [-0.2, 0) is 10.0 Å². The summed E-state index contributed by atoms with van der Waals surface area (Å²) in [6, 6.07) is 20.8. The van der Waals surface area contributed by atoms with Crippen molar-refractivity contribution in [2.45, 2.75) is 13.3 Å². The predicted octanol–water partition coefficient (Wildman–Crippen LogP) is 4.05. The Kier molecular flexibility index (Phi) is 4.81. The molecule has 4 rings (SSSR count). The lowest BCUT2D eigenvalue weighted by Gasteiger charge is -2.24. The summed E-state index contributed by atoms with van der Waals surface area (Å²) in [5, 5.41) is 2.08. The molecule has 0 atom stereocenters.